The van der Waals surface area contributed by atoms with Crippen LogP contribution in [0.3, 0.4) is 0 Å². The van der Waals surface area contributed by atoms with Crippen LogP contribution in [0.2, 0.25) is 0 Å². The Balaban J connectivity index is 2.35. The minimum absolute atomic E-state index is 0.582. The van der Waals surface area contributed by atoms with Crippen LogP contribution in [0.1, 0.15) is 13.8 Å². The number of nitrogens with one attached hydrogen (secondary N) is 1. The Morgan fingerprint density at radius 2 is 2.12 bits per heavy atom. The van der Waals surface area contributed by atoms with Crippen LogP contribution in [-0.4, -0.2) is 26.9 Å². The van der Waals surface area contributed by atoms with E-state index < -0.39 is 0 Å². The summed E-state index contributed by atoms with van der Waals surface area (Å²) in [7, 11) is 1.67. The average molecular weight is 302 g/mol. The van der Waals surface area contributed by atoms with Gasteiger partial charge in [0.25, 0.3) is 0 Å². The fourth-order valence-corrected chi connectivity index (χ4v) is 1.73. The molecular weight excluding hydrogens is 282 g/mol. The summed E-state index contributed by atoms with van der Waals surface area (Å²) in [6, 6.07) is 5.85. The highest BCUT2D eigenvalue weighted by molar-refractivity contribution is 9.10. The van der Waals surface area contributed by atoms with E-state index in [2.05, 4.69) is 35.1 Å². The van der Waals surface area contributed by atoms with Gasteiger partial charge in [-0.2, -0.15) is 0 Å². The number of hydrogen-bond donors (Lipinski definition) is 1. The van der Waals surface area contributed by atoms with E-state index in [1.165, 1.54) is 0 Å². The first-order valence-corrected chi connectivity index (χ1v) is 6.58. The maximum Gasteiger partial charge on any atom is 0.121 e. The van der Waals surface area contributed by atoms with E-state index >= 15 is 0 Å². The molecule has 0 saturated carbocycles. The van der Waals surface area contributed by atoms with Gasteiger partial charge >= 0.3 is 0 Å². The van der Waals surface area contributed by atoms with Gasteiger partial charge in [0.05, 0.1) is 19.4 Å². The molecule has 0 unspecified atom stereocenters. The lowest BCUT2D eigenvalue weighted by molar-refractivity contribution is 0.118. The summed E-state index contributed by atoms with van der Waals surface area (Å²) in [6.45, 7) is 6.60. The second kappa shape index (κ2) is 7.56. The van der Waals surface area contributed by atoms with E-state index in [-0.39, 0.29) is 0 Å². The normalized spacial score (nSPS) is 10.6. The molecule has 0 bridgehead atoms. The Hall–Kier alpha value is -0.740. The first kappa shape index (κ1) is 14.3. The van der Waals surface area contributed by atoms with Crippen molar-refractivity contribution in [2.45, 2.75) is 13.8 Å². The Bertz CT molecular complexity index is 342. The molecule has 1 rings (SSSR count). The van der Waals surface area contributed by atoms with Crippen molar-refractivity contribution >= 4 is 21.6 Å². The predicted molar refractivity (Wildman–Crippen MR) is 74.8 cm³/mol. The average Bonchev–Trinajstić information content (AvgIpc) is 2.30. The molecule has 96 valence electrons. The molecule has 0 atom stereocenters. The molecule has 0 saturated heterocycles. The van der Waals surface area contributed by atoms with Crippen LogP contribution in [0.15, 0.2) is 22.7 Å². The van der Waals surface area contributed by atoms with E-state index in [0.29, 0.717) is 12.5 Å². The maximum absolute atomic E-state index is 5.50. The Morgan fingerprint density at radius 3 is 2.76 bits per heavy atom. The van der Waals surface area contributed by atoms with Crippen LogP contribution in [0, 0.1) is 5.92 Å². The molecule has 0 heterocycles. The van der Waals surface area contributed by atoms with Gasteiger partial charge < -0.3 is 14.8 Å². The van der Waals surface area contributed by atoms with Gasteiger partial charge in [0.1, 0.15) is 5.75 Å². The number of ether oxygens (including phenoxy) is 2. The van der Waals surface area contributed by atoms with Crippen LogP contribution in [0.5, 0.6) is 5.75 Å². The van der Waals surface area contributed by atoms with E-state index in [1.807, 2.05) is 18.2 Å². The van der Waals surface area contributed by atoms with Gasteiger partial charge in [-0.1, -0.05) is 13.8 Å². The standard InChI is InChI=1S/C13H20BrNO2/c1-10(2)9-17-7-6-15-13-8-11(16-3)4-5-12(13)14/h4-5,8,10,15H,6-7,9H2,1-3H3. The minimum atomic E-state index is 0.582. The Morgan fingerprint density at radius 1 is 1.35 bits per heavy atom. The molecule has 1 N–H and O–H groups in total. The quantitative estimate of drug-likeness (QED) is 0.781. The smallest absolute Gasteiger partial charge is 0.121 e. The lowest BCUT2D eigenvalue weighted by Crippen LogP contribution is -2.12. The first-order valence-electron chi connectivity index (χ1n) is 5.78. The second-order valence-electron chi connectivity index (χ2n) is 4.24. The molecule has 0 fully saturated rings. The monoisotopic (exact) mass is 301 g/mol. The number of rotatable bonds is 7. The van der Waals surface area contributed by atoms with Crippen LogP contribution < -0.4 is 10.1 Å². The molecule has 4 heteroatoms. The summed E-state index contributed by atoms with van der Waals surface area (Å²) in [4.78, 5) is 0. The number of methoxy groups -OCH3 is 1. The SMILES string of the molecule is COc1ccc(Br)c(NCCOCC(C)C)c1. The van der Waals surface area contributed by atoms with Crippen molar-refractivity contribution in [1.29, 1.82) is 0 Å². The van der Waals surface area contributed by atoms with Gasteiger partial charge in [-0.15, -0.1) is 0 Å². The van der Waals surface area contributed by atoms with Crippen molar-refractivity contribution in [2.75, 3.05) is 32.2 Å². The molecule has 0 spiro atoms. The minimum Gasteiger partial charge on any atom is -0.497 e. The zero-order valence-corrected chi connectivity index (χ0v) is 12.2. The highest BCUT2D eigenvalue weighted by Crippen LogP contribution is 2.26. The number of anilines is 1. The summed E-state index contributed by atoms with van der Waals surface area (Å²) < 4.78 is 11.7. The lowest BCUT2D eigenvalue weighted by atomic mass is 10.2. The third-order valence-corrected chi connectivity index (χ3v) is 2.88. The predicted octanol–water partition coefficient (Wildman–Crippen LogP) is 3.54. The molecule has 1 aromatic carbocycles. The molecule has 17 heavy (non-hydrogen) atoms. The summed E-state index contributed by atoms with van der Waals surface area (Å²) in [6.07, 6.45) is 0. The second-order valence-corrected chi connectivity index (χ2v) is 5.10. The van der Waals surface area contributed by atoms with Crippen LogP contribution in [0.4, 0.5) is 5.69 Å². The Kier molecular flexibility index (Phi) is 6.37. The lowest BCUT2D eigenvalue weighted by Gasteiger charge is -2.11. The fourth-order valence-electron chi connectivity index (χ4n) is 1.34. The van der Waals surface area contributed by atoms with Crippen LogP contribution >= 0.6 is 15.9 Å². The molecule has 1 aromatic rings. The first-order chi connectivity index (χ1) is 8.13. The molecule has 0 aliphatic heterocycles. The van der Waals surface area contributed by atoms with Crippen molar-refractivity contribution < 1.29 is 9.47 Å². The van der Waals surface area contributed by atoms with Gasteiger partial charge in [-0.3, -0.25) is 0 Å². The van der Waals surface area contributed by atoms with Gasteiger partial charge in [0.15, 0.2) is 0 Å². The third kappa shape index (κ3) is 5.41. The summed E-state index contributed by atoms with van der Waals surface area (Å²) in [5.41, 5.74) is 1.03. The summed E-state index contributed by atoms with van der Waals surface area (Å²) in [5, 5.41) is 3.31. The number of halogens is 1. The molecule has 0 radical (unpaired) electrons. The van der Waals surface area contributed by atoms with E-state index in [1.54, 1.807) is 7.11 Å². The number of hydrogen-bond acceptors (Lipinski definition) is 3. The maximum atomic E-state index is 5.50. The van der Waals surface area contributed by atoms with Crippen molar-refractivity contribution in [3.05, 3.63) is 22.7 Å². The highest BCUT2D eigenvalue weighted by Gasteiger charge is 2.01. The van der Waals surface area contributed by atoms with Crippen molar-refractivity contribution in [3.63, 3.8) is 0 Å². The van der Waals surface area contributed by atoms with Crippen molar-refractivity contribution in [2.24, 2.45) is 5.92 Å². The largest absolute Gasteiger partial charge is 0.497 e. The number of benzene rings is 1. The molecule has 0 aliphatic carbocycles. The van der Waals surface area contributed by atoms with E-state index in [4.69, 9.17) is 9.47 Å². The molecule has 0 amide bonds. The van der Waals surface area contributed by atoms with E-state index in [9.17, 15) is 0 Å². The van der Waals surface area contributed by atoms with Gasteiger partial charge in [0.2, 0.25) is 0 Å². The zero-order chi connectivity index (χ0) is 12.7. The van der Waals surface area contributed by atoms with Crippen LogP contribution in [-0.2, 0) is 4.74 Å². The highest BCUT2D eigenvalue weighted by atomic mass is 79.9. The molecule has 0 aromatic heterocycles. The Labute approximate surface area is 112 Å². The fraction of sp³-hybridized carbons (Fsp3) is 0.538. The van der Waals surface area contributed by atoms with Gasteiger partial charge in [-0.05, 0) is 34.0 Å². The van der Waals surface area contributed by atoms with Gasteiger partial charge in [0, 0.05) is 23.7 Å². The summed E-state index contributed by atoms with van der Waals surface area (Å²) in [5.74, 6) is 1.43. The third-order valence-electron chi connectivity index (χ3n) is 2.19. The van der Waals surface area contributed by atoms with Crippen molar-refractivity contribution in [3.8, 4) is 5.75 Å². The topological polar surface area (TPSA) is 30.5 Å². The van der Waals surface area contributed by atoms with Gasteiger partial charge in [-0.25, -0.2) is 0 Å². The van der Waals surface area contributed by atoms with Crippen molar-refractivity contribution in [1.82, 2.24) is 0 Å². The summed E-state index contributed by atoms with van der Waals surface area (Å²) >= 11 is 3.49. The molecule has 3 nitrogen and oxygen atoms in total. The molecular formula is C13H20BrNO2. The zero-order valence-electron chi connectivity index (χ0n) is 10.6. The van der Waals surface area contributed by atoms with E-state index in [0.717, 1.165) is 29.1 Å². The molecule has 0 aliphatic rings. The van der Waals surface area contributed by atoms with Crippen LogP contribution in [0.25, 0.3) is 0 Å².